The Morgan fingerprint density at radius 3 is 2.81 bits per heavy atom. The topological polar surface area (TPSA) is 184 Å². The molecule has 170 valence electrons. The first-order chi connectivity index (χ1) is 15.3. The zero-order valence-electron chi connectivity index (χ0n) is 15.9. The molecule has 0 radical (unpaired) electrons. The average Bonchev–Trinajstić information content (AvgIpc) is 3.39. The van der Waals surface area contributed by atoms with E-state index in [-0.39, 0.29) is 20.5 Å². The van der Waals surface area contributed by atoms with E-state index >= 15 is 0 Å². The third-order valence-corrected chi connectivity index (χ3v) is 6.79. The van der Waals surface area contributed by atoms with Crippen LogP contribution < -0.4 is 4.87 Å². The Balaban J connectivity index is 1.65. The predicted molar refractivity (Wildman–Crippen MR) is 113 cm³/mol. The molecular formula is C17H16ClN5O7S2. The number of H-pyrrole nitrogens is 1. The lowest BCUT2D eigenvalue weighted by Crippen LogP contribution is -2.55. The molecule has 0 unspecified atom stereocenters. The second kappa shape index (κ2) is 9.27. The molecule has 3 aromatic rings. The molecule has 0 bridgehead atoms. The summed E-state index contributed by atoms with van der Waals surface area (Å²) in [4.78, 5) is 29.2. The number of thioether (sulfide) groups is 1. The van der Waals surface area contributed by atoms with Gasteiger partial charge in [-0.3, -0.25) is 4.79 Å². The van der Waals surface area contributed by atoms with E-state index < -0.39 is 42.4 Å². The second-order valence-corrected chi connectivity index (χ2v) is 9.18. The molecule has 1 aliphatic rings. The summed E-state index contributed by atoms with van der Waals surface area (Å²) in [5.74, 6) is -1.30. The van der Waals surface area contributed by atoms with Gasteiger partial charge in [-0.05, 0) is 6.07 Å². The van der Waals surface area contributed by atoms with Crippen LogP contribution in [-0.2, 0) is 4.74 Å². The molecule has 5 N–H and O–H groups in total. The number of rotatable bonds is 6. The maximum atomic E-state index is 11.5. The van der Waals surface area contributed by atoms with Crippen LogP contribution in [0.25, 0.3) is 11.4 Å². The van der Waals surface area contributed by atoms with E-state index in [0.717, 1.165) is 23.1 Å². The number of aliphatic hydroxyl groups is 3. The molecule has 3 aromatic heterocycles. The minimum Gasteiger partial charge on any atom is -0.476 e. The predicted octanol–water partition coefficient (Wildman–Crippen LogP) is 0.214. The van der Waals surface area contributed by atoms with Gasteiger partial charge < -0.3 is 30.1 Å². The summed E-state index contributed by atoms with van der Waals surface area (Å²) in [5.41, 5.74) is -0.662. The maximum Gasteiger partial charge on any atom is 0.355 e. The number of aliphatic hydroxyl groups excluding tert-OH is 3. The lowest BCUT2D eigenvalue weighted by Gasteiger charge is -2.41. The number of thiazole rings is 1. The van der Waals surface area contributed by atoms with Crippen LogP contribution in [0.5, 0.6) is 0 Å². The van der Waals surface area contributed by atoms with Gasteiger partial charge in [-0.1, -0.05) is 39.9 Å². The number of nitrogens with one attached hydrogen (secondary N) is 1. The van der Waals surface area contributed by atoms with E-state index in [1.165, 1.54) is 23.1 Å². The van der Waals surface area contributed by atoms with Crippen LogP contribution >= 0.6 is 34.7 Å². The van der Waals surface area contributed by atoms with Crippen LogP contribution in [0.4, 0.5) is 0 Å². The number of ether oxygens (including phenoxy) is 1. The van der Waals surface area contributed by atoms with Crippen molar-refractivity contribution < 1.29 is 30.0 Å². The van der Waals surface area contributed by atoms with Crippen LogP contribution in [0.2, 0.25) is 5.02 Å². The number of nitrogens with zero attached hydrogens (tertiary/aromatic N) is 4. The molecule has 1 fully saturated rings. The Morgan fingerprint density at radius 2 is 2.16 bits per heavy atom. The summed E-state index contributed by atoms with van der Waals surface area (Å²) >= 11 is 7.73. The van der Waals surface area contributed by atoms with Gasteiger partial charge in [0, 0.05) is 16.5 Å². The van der Waals surface area contributed by atoms with Crippen molar-refractivity contribution >= 4 is 40.7 Å². The fourth-order valence-corrected chi connectivity index (χ4v) is 5.22. The highest BCUT2D eigenvalue weighted by atomic mass is 35.5. The standard InChI is InChI=1S/C17H16ClN5O7S2/c18-6-1-10(11(15(27)28)19-2-6)32-16-14(26)12(13(25)9(4-24)30-16)23-3-7(21-22-23)8-5-31-17(29)20-8/h1-3,5,9,12-14,16,24-26H,4H2,(H,20,29)(H,27,28)/t9-,12+,13+,14-,16-/m1/s1. The fourth-order valence-electron chi connectivity index (χ4n) is 3.23. The number of carbonyl (C=O) groups is 1. The largest absolute Gasteiger partial charge is 0.476 e. The van der Waals surface area contributed by atoms with Crippen LogP contribution in [-0.4, -0.2) is 81.7 Å². The van der Waals surface area contributed by atoms with E-state index in [1.807, 2.05) is 0 Å². The minimum atomic E-state index is -1.39. The lowest BCUT2D eigenvalue weighted by atomic mass is 9.97. The van der Waals surface area contributed by atoms with Crippen molar-refractivity contribution in [1.29, 1.82) is 0 Å². The summed E-state index contributed by atoms with van der Waals surface area (Å²) in [6.45, 7) is -0.569. The molecule has 12 nitrogen and oxygen atoms in total. The van der Waals surface area contributed by atoms with Crippen LogP contribution in [0.3, 0.4) is 0 Å². The SMILES string of the molecule is O=C(O)c1ncc(Cl)cc1S[C@H]1O[C@H](CO)[C@H](O)[C@H](n2cc(-c3csc(=O)[nH]3)nn2)[C@H]1O. The van der Waals surface area contributed by atoms with Gasteiger partial charge in [-0.2, -0.15) is 0 Å². The van der Waals surface area contributed by atoms with E-state index in [4.69, 9.17) is 16.3 Å². The molecule has 4 heterocycles. The van der Waals surface area contributed by atoms with Crippen molar-refractivity contribution in [2.45, 2.75) is 34.7 Å². The number of carboxylic acids is 1. The molecule has 0 amide bonds. The number of hydrogen-bond acceptors (Lipinski definition) is 11. The summed E-state index contributed by atoms with van der Waals surface area (Å²) in [7, 11) is 0. The van der Waals surface area contributed by atoms with Crippen molar-refractivity contribution in [3.05, 3.63) is 44.2 Å². The Bertz CT molecular complexity index is 1180. The fraction of sp³-hybridized carbons (Fsp3) is 0.353. The third-order valence-electron chi connectivity index (χ3n) is 4.73. The smallest absolute Gasteiger partial charge is 0.355 e. The maximum absolute atomic E-state index is 11.5. The quantitative estimate of drug-likeness (QED) is 0.311. The highest BCUT2D eigenvalue weighted by Crippen LogP contribution is 2.39. The zero-order valence-corrected chi connectivity index (χ0v) is 18.3. The molecule has 0 aliphatic carbocycles. The summed E-state index contributed by atoms with van der Waals surface area (Å²) < 4.78 is 6.84. The van der Waals surface area contributed by atoms with Gasteiger partial charge >= 0.3 is 10.8 Å². The first-order valence-electron chi connectivity index (χ1n) is 9.06. The third kappa shape index (κ3) is 4.43. The van der Waals surface area contributed by atoms with E-state index in [9.17, 15) is 30.0 Å². The van der Waals surface area contributed by atoms with Gasteiger partial charge in [0.15, 0.2) is 5.69 Å². The number of carboxylic acid groups (broad SMARTS) is 1. The number of aromatic amines is 1. The van der Waals surface area contributed by atoms with Gasteiger partial charge in [0.25, 0.3) is 0 Å². The second-order valence-electron chi connectivity index (χ2n) is 6.77. The first-order valence-corrected chi connectivity index (χ1v) is 11.2. The molecule has 0 aromatic carbocycles. The Hall–Kier alpha value is -2.33. The molecule has 1 saturated heterocycles. The Labute approximate surface area is 192 Å². The van der Waals surface area contributed by atoms with Crippen LogP contribution in [0, 0.1) is 0 Å². The summed E-state index contributed by atoms with van der Waals surface area (Å²) in [6.07, 6.45) is -1.24. The van der Waals surface area contributed by atoms with Crippen molar-refractivity contribution in [2.24, 2.45) is 0 Å². The molecular weight excluding hydrogens is 486 g/mol. The molecule has 15 heteroatoms. The van der Waals surface area contributed by atoms with Crippen molar-refractivity contribution in [3.63, 3.8) is 0 Å². The van der Waals surface area contributed by atoms with E-state index in [1.54, 1.807) is 5.38 Å². The van der Waals surface area contributed by atoms with Crippen molar-refractivity contribution in [3.8, 4) is 11.4 Å². The zero-order chi connectivity index (χ0) is 23.0. The van der Waals surface area contributed by atoms with E-state index in [2.05, 4.69) is 20.3 Å². The number of hydrogen-bond donors (Lipinski definition) is 5. The van der Waals surface area contributed by atoms with Crippen molar-refractivity contribution in [1.82, 2.24) is 25.0 Å². The van der Waals surface area contributed by atoms with Crippen LogP contribution in [0.15, 0.2) is 33.5 Å². The van der Waals surface area contributed by atoms with E-state index in [0.29, 0.717) is 11.4 Å². The number of aromatic nitrogens is 5. The summed E-state index contributed by atoms with van der Waals surface area (Å²) in [5, 5.41) is 50.4. The number of pyridine rings is 1. The average molecular weight is 502 g/mol. The summed E-state index contributed by atoms with van der Waals surface area (Å²) in [6, 6.07) is 0.276. The minimum absolute atomic E-state index is 0.135. The highest BCUT2D eigenvalue weighted by Gasteiger charge is 2.46. The molecule has 32 heavy (non-hydrogen) atoms. The van der Waals surface area contributed by atoms with Gasteiger partial charge in [0.05, 0.1) is 23.5 Å². The molecule has 0 saturated carbocycles. The molecule has 4 rings (SSSR count). The number of aromatic carboxylic acids is 1. The molecule has 1 aliphatic heterocycles. The highest BCUT2D eigenvalue weighted by molar-refractivity contribution is 8.00. The van der Waals surface area contributed by atoms with Crippen LogP contribution in [0.1, 0.15) is 16.5 Å². The van der Waals surface area contributed by atoms with Gasteiger partial charge in [0.2, 0.25) is 0 Å². The van der Waals surface area contributed by atoms with Gasteiger partial charge in [-0.25, -0.2) is 14.5 Å². The number of halogens is 1. The van der Waals surface area contributed by atoms with Crippen molar-refractivity contribution in [2.75, 3.05) is 6.61 Å². The first kappa shape index (κ1) is 22.8. The Kier molecular flexibility index (Phi) is 6.62. The normalized spacial score (nSPS) is 25.7. The van der Waals surface area contributed by atoms with Gasteiger partial charge in [-0.15, -0.1) is 5.10 Å². The molecule has 5 atom stereocenters. The lowest BCUT2D eigenvalue weighted by molar-refractivity contribution is -0.178. The monoisotopic (exact) mass is 501 g/mol. The Morgan fingerprint density at radius 1 is 1.38 bits per heavy atom. The van der Waals surface area contributed by atoms with Gasteiger partial charge in [0.1, 0.15) is 35.5 Å². The molecule has 0 spiro atoms.